The van der Waals surface area contributed by atoms with Gasteiger partial charge in [-0.3, -0.25) is 0 Å². The average molecular weight is 339 g/mol. The van der Waals surface area contributed by atoms with Crippen LogP contribution in [0.25, 0.3) is 0 Å². The number of hydrogen-bond donors (Lipinski definition) is 1. The maximum absolute atomic E-state index is 6.04. The van der Waals surface area contributed by atoms with Crippen molar-refractivity contribution in [2.24, 2.45) is 0 Å². The van der Waals surface area contributed by atoms with E-state index < -0.39 is 0 Å². The number of halogens is 2. The summed E-state index contributed by atoms with van der Waals surface area (Å²) in [7, 11) is 1.99. The Morgan fingerprint density at radius 3 is 2.63 bits per heavy atom. The first-order valence-electron chi connectivity index (χ1n) is 6.27. The van der Waals surface area contributed by atoms with Gasteiger partial charge in [-0.2, -0.15) is 0 Å². The standard InChI is InChI=1S/C16H17BrClN/c1-11-6-13(10-14(17)7-11)16(19-2)9-12-4-3-5-15(18)8-12/h3-8,10,16,19H,9H2,1-2H3. The molecule has 0 bridgehead atoms. The summed E-state index contributed by atoms with van der Waals surface area (Å²) in [4.78, 5) is 0. The summed E-state index contributed by atoms with van der Waals surface area (Å²) in [6.45, 7) is 2.11. The Bertz CT molecular complexity index is 548. The van der Waals surface area contributed by atoms with Crippen molar-refractivity contribution in [1.29, 1.82) is 0 Å². The molecule has 2 aromatic rings. The minimum atomic E-state index is 0.287. The van der Waals surface area contributed by atoms with Crippen LogP contribution in [0.2, 0.25) is 5.02 Å². The molecule has 0 aliphatic carbocycles. The molecule has 0 amide bonds. The second-order valence-corrected chi connectivity index (χ2v) is 6.09. The number of rotatable bonds is 4. The van der Waals surface area contributed by atoms with E-state index in [2.05, 4.69) is 52.4 Å². The van der Waals surface area contributed by atoms with Crippen molar-refractivity contribution < 1.29 is 0 Å². The molecule has 1 nitrogen and oxygen atoms in total. The van der Waals surface area contributed by atoms with Gasteiger partial charge in [0.2, 0.25) is 0 Å². The largest absolute Gasteiger partial charge is 0.313 e. The Morgan fingerprint density at radius 2 is 2.00 bits per heavy atom. The average Bonchev–Trinajstić information content (AvgIpc) is 2.34. The van der Waals surface area contributed by atoms with Crippen molar-refractivity contribution in [2.45, 2.75) is 19.4 Å². The molecule has 0 aromatic heterocycles. The molecule has 1 unspecified atom stereocenters. The summed E-state index contributed by atoms with van der Waals surface area (Å²) in [5.41, 5.74) is 3.79. The number of hydrogen-bond acceptors (Lipinski definition) is 1. The molecule has 1 atom stereocenters. The third kappa shape index (κ3) is 4.07. The van der Waals surface area contributed by atoms with Crippen molar-refractivity contribution >= 4 is 27.5 Å². The molecule has 0 heterocycles. The van der Waals surface area contributed by atoms with Crippen molar-refractivity contribution in [1.82, 2.24) is 5.32 Å². The second-order valence-electron chi connectivity index (χ2n) is 4.74. The summed E-state index contributed by atoms with van der Waals surface area (Å²) in [5.74, 6) is 0. The predicted octanol–water partition coefficient (Wildman–Crippen LogP) is 4.91. The van der Waals surface area contributed by atoms with Crippen LogP contribution < -0.4 is 5.32 Å². The molecule has 19 heavy (non-hydrogen) atoms. The van der Waals surface area contributed by atoms with Gasteiger partial charge in [-0.15, -0.1) is 0 Å². The van der Waals surface area contributed by atoms with E-state index in [4.69, 9.17) is 11.6 Å². The van der Waals surface area contributed by atoms with Crippen molar-refractivity contribution in [3.8, 4) is 0 Å². The molecule has 100 valence electrons. The fourth-order valence-corrected chi connectivity index (χ4v) is 3.09. The van der Waals surface area contributed by atoms with Crippen LogP contribution in [0.5, 0.6) is 0 Å². The van der Waals surface area contributed by atoms with Crippen molar-refractivity contribution in [3.05, 3.63) is 68.7 Å². The predicted molar refractivity (Wildman–Crippen MR) is 85.8 cm³/mol. The van der Waals surface area contributed by atoms with Crippen molar-refractivity contribution in [3.63, 3.8) is 0 Å². The van der Waals surface area contributed by atoms with E-state index in [1.165, 1.54) is 16.7 Å². The fraction of sp³-hybridized carbons (Fsp3) is 0.250. The van der Waals surface area contributed by atoms with E-state index in [1.54, 1.807) is 0 Å². The number of likely N-dealkylation sites (N-methyl/N-ethyl adjacent to an activating group) is 1. The minimum absolute atomic E-state index is 0.287. The molecule has 0 radical (unpaired) electrons. The quantitative estimate of drug-likeness (QED) is 0.835. The molecule has 2 rings (SSSR count). The summed E-state index contributed by atoms with van der Waals surface area (Å²) in [5, 5.41) is 4.17. The smallest absolute Gasteiger partial charge is 0.0408 e. The molecule has 0 saturated heterocycles. The first kappa shape index (κ1) is 14.6. The third-order valence-corrected chi connectivity index (χ3v) is 3.84. The number of benzene rings is 2. The zero-order chi connectivity index (χ0) is 13.8. The summed E-state index contributed by atoms with van der Waals surface area (Å²) in [6.07, 6.45) is 0.924. The lowest BCUT2D eigenvalue weighted by Gasteiger charge is -2.18. The van der Waals surface area contributed by atoms with Crippen LogP contribution in [0, 0.1) is 6.92 Å². The molecule has 2 aromatic carbocycles. The Balaban J connectivity index is 2.24. The van der Waals surface area contributed by atoms with Crippen LogP contribution in [-0.4, -0.2) is 7.05 Å². The SMILES string of the molecule is CNC(Cc1cccc(Cl)c1)c1cc(C)cc(Br)c1. The number of aryl methyl sites for hydroxylation is 1. The normalized spacial score (nSPS) is 12.4. The van der Waals surface area contributed by atoms with Crippen LogP contribution in [0.4, 0.5) is 0 Å². The maximum Gasteiger partial charge on any atom is 0.0408 e. The van der Waals surface area contributed by atoms with Gasteiger partial charge in [-0.1, -0.05) is 45.7 Å². The van der Waals surface area contributed by atoms with Gasteiger partial charge in [0.25, 0.3) is 0 Å². The highest BCUT2D eigenvalue weighted by molar-refractivity contribution is 9.10. The van der Waals surface area contributed by atoms with E-state index in [0.717, 1.165) is 15.9 Å². The molecule has 0 aliphatic rings. The highest BCUT2D eigenvalue weighted by Crippen LogP contribution is 2.24. The Labute approximate surface area is 128 Å². The van der Waals surface area contributed by atoms with E-state index in [-0.39, 0.29) is 6.04 Å². The van der Waals surface area contributed by atoms with E-state index >= 15 is 0 Å². The summed E-state index contributed by atoms with van der Waals surface area (Å²) < 4.78 is 1.12. The third-order valence-electron chi connectivity index (χ3n) is 3.14. The zero-order valence-electron chi connectivity index (χ0n) is 11.1. The van der Waals surface area contributed by atoms with Gasteiger partial charge >= 0.3 is 0 Å². The van der Waals surface area contributed by atoms with Gasteiger partial charge in [-0.25, -0.2) is 0 Å². The molecular weight excluding hydrogens is 322 g/mol. The highest BCUT2D eigenvalue weighted by Gasteiger charge is 2.11. The molecular formula is C16H17BrClN. The first-order valence-corrected chi connectivity index (χ1v) is 7.44. The van der Waals surface area contributed by atoms with E-state index in [0.29, 0.717) is 0 Å². The molecule has 0 saturated carbocycles. The monoisotopic (exact) mass is 337 g/mol. The van der Waals surface area contributed by atoms with Crippen LogP contribution in [0.1, 0.15) is 22.7 Å². The van der Waals surface area contributed by atoms with Crippen molar-refractivity contribution in [2.75, 3.05) is 7.05 Å². The molecule has 1 N–H and O–H groups in total. The molecule has 3 heteroatoms. The maximum atomic E-state index is 6.04. The van der Waals surface area contributed by atoms with Gasteiger partial charge < -0.3 is 5.32 Å². The first-order chi connectivity index (χ1) is 9.08. The van der Waals surface area contributed by atoms with Gasteiger partial charge in [-0.05, 0) is 61.3 Å². The van der Waals surface area contributed by atoms with Crippen LogP contribution in [-0.2, 0) is 6.42 Å². The van der Waals surface area contributed by atoms with Crippen LogP contribution in [0.3, 0.4) is 0 Å². The number of nitrogens with one attached hydrogen (secondary N) is 1. The molecule has 0 spiro atoms. The lowest BCUT2D eigenvalue weighted by molar-refractivity contribution is 0.591. The zero-order valence-corrected chi connectivity index (χ0v) is 13.4. The lowest BCUT2D eigenvalue weighted by Crippen LogP contribution is -2.19. The Hall–Kier alpha value is -0.830. The highest BCUT2D eigenvalue weighted by atomic mass is 79.9. The van der Waals surface area contributed by atoms with Gasteiger partial charge in [0.05, 0.1) is 0 Å². The van der Waals surface area contributed by atoms with Crippen LogP contribution in [0.15, 0.2) is 46.9 Å². The topological polar surface area (TPSA) is 12.0 Å². The fourth-order valence-electron chi connectivity index (χ4n) is 2.25. The van der Waals surface area contributed by atoms with Crippen LogP contribution >= 0.6 is 27.5 Å². The van der Waals surface area contributed by atoms with E-state index in [9.17, 15) is 0 Å². The second kappa shape index (κ2) is 6.56. The summed E-state index contributed by atoms with van der Waals surface area (Å²) in [6, 6.07) is 14.8. The lowest BCUT2D eigenvalue weighted by atomic mass is 9.98. The van der Waals surface area contributed by atoms with E-state index in [1.807, 2.05) is 25.2 Å². The van der Waals surface area contributed by atoms with Gasteiger partial charge in [0.1, 0.15) is 0 Å². The summed E-state index contributed by atoms with van der Waals surface area (Å²) >= 11 is 9.60. The molecule has 0 fully saturated rings. The Morgan fingerprint density at radius 1 is 1.21 bits per heavy atom. The molecule has 0 aliphatic heterocycles. The Kier molecular flexibility index (Phi) is 5.03. The minimum Gasteiger partial charge on any atom is -0.313 e. The van der Waals surface area contributed by atoms with Gasteiger partial charge in [0.15, 0.2) is 0 Å². The van der Waals surface area contributed by atoms with Gasteiger partial charge in [0, 0.05) is 15.5 Å².